The molecular formula is C15H22BrN. The van der Waals surface area contributed by atoms with Crippen LogP contribution in [0.4, 0.5) is 0 Å². The molecule has 0 amide bonds. The molecule has 94 valence electrons. The first-order chi connectivity index (χ1) is 8.27. The molecule has 0 radical (unpaired) electrons. The number of rotatable bonds is 4. The van der Waals surface area contributed by atoms with Crippen LogP contribution in [0.25, 0.3) is 0 Å². The first-order valence-electron chi connectivity index (χ1n) is 6.78. The largest absolute Gasteiger partial charge is 0.307 e. The predicted molar refractivity (Wildman–Crippen MR) is 77.2 cm³/mol. The molecule has 2 heteroatoms. The summed E-state index contributed by atoms with van der Waals surface area (Å²) < 4.78 is 1.19. The van der Waals surface area contributed by atoms with Crippen molar-refractivity contribution in [3.05, 3.63) is 34.3 Å². The summed E-state index contributed by atoms with van der Waals surface area (Å²) in [5.74, 6) is 0. The van der Waals surface area contributed by atoms with Gasteiger partial charge in [-0.2, -0.15) is 0 Å². The fourth-order valence-electron chi connectivity index (χ4n) is 2.87. The van der Waals surface area contributed by atoms with Gasteiger partial charge < -0.3 is 5.32 Å². The van der Waals surface area contributed by atoms with Crippen LogP contribution in [0.15, 0.2) is 28.7 Å². The van der Waals surface area contributed by atoms with Crippen molar-refractivity contribution in [1.29, 1.82) is 0 Å². The van der Waals surface area contributed by atoms with Crippen molar-refractivity contribution in [2.45, 2.75) is 51.0 Å². The SMILES string of the molecule is CCCNC1(c2cccc(Br)c2)CCCCC1. The Morgan fingerprint density at radius 2 is 2.00 bits per heavy atom. The van der Waals surface area contributed by atoms with Gasteiger partial charge in [0.15, 0.2) is 0 Å². The molecule has 0 saturated heterocycles. The second-order valence-electron chi connectivity index (χ2n) is 5.08. The molecule has 1 nitrogen and oxygen atoms in total. The van der Waals surface area contributed by atoms with Crippen molar-refractivity contribution in [3.8, 4) is 0 Å². The van der Waals surface area contributed by atoms with Crippen LogP contribution in [0, 0.1) is 0 Å². The maximum absolute atomic E-state index is 3.81. The summed E-state index contributed by atoms with van der Waals surface area (Å²) in [5, 5.41) is 3.81. The van der Waals surface area contributed by atoms with E-state index in [1.807, 2.05) is 0 Å². The molecule has 0 spiro atoms. The third-order valence-corrected chi connectivity index (χ3v) is 4.29. The minimum absolute atomic E-state index is 0.234. The molecule has 2 rings (SSSR count). The number of nitrogens with one attached hydrogen (secondary N) is 1. The van der Waals surface area contributed by atoms with Crippen LogP contribution in [-0.2, 0) is 5.54 Å². The molecule has 1 aromatic rings. The molecule has 1 aromatic carbocycles. The maximum atomic E-state index is 3.81. The van der Waals surface area contributed by atoms with E-state index >= 15 is 0 Å². The van der Waals surface area contributed by atoms with Crippen molar-refractivity contribution in [2.75, 3.05) is 6.54 Å². The predicted octanol–water partition coefficient (Wildman–Crippen LogP) is 4.61. The van der Waals surface area contributed by atoms with Crippen LogP contribution in [0.5, 0.6) is 0 Å². The Hall–Kier alpha value is -0.340. The third-order valence-electron chi connectivity index (χ3n) is 3.80. The van der Waals surface area contributed by atoms with E-state index in [2.05, 4.69) is 52.4 Å². The molecule has 0 aromatic heterocycles. The lowest BCUT2D eigenvalue weighted by molar-refractivity contribution is 0.234. The van der Waals surface area contributed by atoms with Gasteiger partial charge >= 0.3 is 0 Å². The van der Waals surface area contributed by atoms with Gasteiger partial charge in [-0.15, -0.1) is 0 Å². The Labute approximate surface area is 113 Å². The van der Waals surface area contributed by atoms with E-state index in [9.17, 15) is 0 Å². The first-order valence-corrected chi connectivity index (χ1v) is 7.57. The quantitative estimate of drug-likeness (QED) is 0.855. The van der Waals surface area contributed by atoms with Crippen molar-refractivity contribution < 1.29 is 0 Å². The lowest BCUT2D eigenvalue weighted by Crippen LogP contribution is -2.44. The monoisotopic (exact) mass is 295 g/mol. The van der Waals surface area contributed by atoms with Crippen LogP contribution < -0.4 is 5.32 Å². The van der Waals surface area contributed by atoms with E-state index in [-0.39, 0.29) is 5.54 Å². The number of hydrogen-bond acceptors (Lipinski definition) is 1. The Morgan fingerprint density at radius 1 is 1.24 bits per heavy atom. The molecule has 0 aliphatic heterocycles. The highest BCUT2D eigenvalue weighted by Crippen LogP contribution is 2.37. The second-order valence-corrected chi connectivity index (χ2v) is 6.00. The molecule has 1 saturated carbocycles. The Morgan fingerprint density at radius 3 is 2.65 bits per heavy atom. The number of hydrogen-bond donors (Lipinski definition) is 1. The molecule has 0 bridgehead atoms. The second kappa shape index (κ2) is 6.01. The summed E-state index contributed by atoms with van der Waals surface area (Å²) in [5.41, 5.74) is 1.69. The zero-order valence-corrected chi connectivity index (χ0v) is 12.2. The number of benzene rings is 1. The van der Waals surface area contributed by atoms with Crippen LogP contribution in [0.3, 0.4) is 0 Å². The van der Waals surface area contributed by atoms with Crippen molar-refractivity contribution in [1.82, 2.24) is 5.32 Å². The van der Waals surface area contributed by atoms with Gasteiger partial charge in [-0.1, -0.05) is 54.2 Å². The summed E-state index contributed by atoms with van der Waals surface area (Å²) in [4.78, 5) is 0. The lowest BCUT2D eigenvalue weighted by Gasteiger charge is -2.39. The zero-order chi connectivity index (χ0) is 12.1. The van der Waals surface area contributed by atoms with Crippen LogP contribution in [0.1, 0.15) is 51.0 Å². The first kappa shape index (κ1) is 13.1. The van der Waals surface area contributed by atoms with Gasteiger partial charge in [0, 0.05) is 10.0 Å². The molecule has 0 unspecified atom stereocenters. The van der Waals surface area contributed by atoms with Crippen molar-refractivity contribution in [2.24, 2.45) is 0 Å². The van der Waals surface area contributed by atoms with Crippen LogP contribution >= 0.6 is 15.9 Å². The van der Waals surface area contributed by atoms with Crippen molar-refractivity contribution >= 4 is 15.9 Å². The van der Waals surface area contributed by atoms with Gasteiger partial charge in [0.1, 0.15) is 0 Å². The van der Waals surface area contributed by atoms with Crippen LogP contribution in [0.2, 0.25) is 0 Å². The van der Waals surface area contributed by atoms with E-state index in [4.69, 9.17) is 0 Å². The Kier molecular flexibility index (Phi) is 4.63. The standard InChI is InChI=1S/C15H22BrN/c1-2-11-17-15(9-4-3-5-10-15)13-7-6-8-14(16)12-13/h6-8,12,17H,2-5,9-11H2,1H3. The summed E-state index contributed by atoms with van der Waals surface area (Å²) >= 11 is 3.59. The fourth-order valence-corrected chi connectivity index (χ4v) is 3.27. The van der Waals surface area contributed by atoms with Crippen molar-refractivity contribution in [3.63, 3.8) is 0 Å². The average Bonchev–Trinajstić information content (AvgIpc) is 2.37. The number of halogens is 1. The lowest BCUT2D eigenvalue weighted by atomic mass is 9.76. The van der Waals surface area contributed by atoms with E-state index in [1.54, 1.807) is 0 Å². The van der Waals surface area contributed by atoms with E-state index < -0.39 is 0 Å². The minimum atomic E-state index is 0.234. The molecule has 1 fully saturated rings. The fraction of sp³-hybridized carbons (Fsp3) is 0.600. The van der Waals surface area contributed by atoms with Gasteiger partial charge in [0.25, 0.3) is 0 Å². The van der Waals surface area contributed by atoms with Gasteiger partial charge in [0.05, 0.1) is 0 Å². The molecular weight excluding hydrogens is 274 g/mol. The molecule has 1 N–H and O–H groups in total. The third kappa shape index (κ3) is 3.11. The van der Waals surface area contributed by atoms with E-state index in [1.165, 1.54) is 48.6 Å². The smallest absolute Gasteiger partial charge is 0.0435 e. The van der Waals surface area contributed by atoms with Gasteiger partial charge in [0.2, 0.25) is 0 Å². The van der Waals surface area contributed by atoms with Gasteiger partial charge in [-0.05, 0) is 43.5 Å². The topological polar surface area (TPSA) is 12.0 Å². The Bertz CT molecular complexity index is 356. The summed E-state index contributed by atoms with van der Waals surface area (Å²) in [6.45, 7) is 3.36. The summed E-state index contributed by atoms with van der Waals surface area (Å²) in [6.07, 6.45) is 7.86. The van der Waals surface area contributed by atoms with Crippen LogP contribution in [-0.4, -0.2) is 6.54 Å². The molecule has 1 aliphatic carbocycles. The molecule has 1 aliphatic rings. The highest BCUT2D eigenvalue weighted by Gasteiger charge is 2.32. The average molecular weight is 296 g/mol. The zero-order valence-electron chi connectivity index (χ0n) is 10.6. The Balaban J connectivity index is 2.25. The molecule has 0 heterocycles. The summed E-state index contributed by atoms with van der Waals surface area (Å²) in [7, 11) is 0. The molecule has 17 heavy (non-hydrogen) atoms. The summed E-state index contributed by atoms with van der Waals surface area (Å²) in [6, 6.07) is 8.83. The minimum Gasteiger partial charge on any atom is -0.307 e. The normalized spacial score (nSPS) is 19.2. The van der Waals surface area contributed by atoms with Gasteiger partial charge in [-0.3, -0.25) is 0 Å². The highest BCUT2D eigenvalue weighted by atomic mass is 79.9. The molecule has 0 atom stereocenters. The maximum Gasteiger partial charge on any atom is 0.0435 e. The van der Waals surface area contributed by atoms with Gasteiger partial charge in [-0.25, -0.2) is 0 Å². The van der Waals surface area contributed by atoms with E-state index in [0.29, 0.717) is 0 Å². The highest BCUT2D eigenvalue weighted by molar-refractivity contribution is 9.10. The van der Waals surface area contributed by atoms with E-state index in [0.717, 1.165) is 6.54 Å².